The van der Waals surface area contributed by atoms with E-state index in [0.29, 0.717) is 0 Å². The van der Waals surface area contributed by atoms with Gasteiger partial charge in [0, 0.05) is 5.56 Å². The van der Waals surface area contributed by atoms with Gasteiger partial charge in [-0.1, -0.05) is 5.16 Å². The summed E-state index contributed by atoms with van der Waals surface area (Å²) in [6.07, 6.45) is 0. The van der Waals surface area contributed by atoms with Gasteiger partial charge in [-0.3, -0.25) is 4.79 Å². The van der Waals surface area contributed by atoms with E-state index in [1.807, 2.05) is 0 Å². The number of methoxy groups -OCH3 is 1. The number of amidine groups is 1. The van der Waals surface area contributed by atoms with Crippen molar-refractivity contribution in [1.82, 2.24) is 5.32 Å². The van der Waals surface area contributed by atoms with Crippen LogP contribution in [0.1, 0.15) is 10.4 Å². The van der Waals surface area contributed by atoms with Crippen LogP contribution in [-0.4, -0.2) is 30.6 Å². The highest BCUT2D eigenvalue weighted by Crippen LogP contribution is 2.17. The fraction of sp³-hybridized carbons (Fsp3) is 0.200. The van der Waals surface area contributed by atoms with Crippen LogP contribution in [0.25, 0.3) is 0 Å². The average Bonchev–Trinajstić information content (AvgIpc) is 2.35. The van der Waals surface area contributed by atoms with Crippen LogP contribution < -0.4 is 15.8 Å². The number of benzene rings is 1. The number of ether oxygens (including phenoxy) is 1. The highest BCUT2D eigenvalue weighted by Gasteiger charge is 2.10. The molecule has 0 unspecified atom stereocenters. The van der Waals surface area contributed by atoms with Crippen LogP contribution in [0.15, 0.2) is 23.4 Å². The molecule has 0 aliphatic heterocycles. The molecule has 17 heavy (non-hydrogen) atoms. The minimum atomic E-state index is -0.555. The van der Waals surface area contributed by atoms with E-state index < -0.39 is 11.7 Å². The Morgan fingerprint density at radius 3 is 2.94 bits per heavy atom. The van der Waals surface area contributed by atoms with E-state index in [2.05, 4.69) is 10.5 Å². The Bertz CT molecular complexity index is 448. The number of amides is 1. The topological polar surface area (TPSA) is 96.9 Å². The number of carbonyl (C=O) groups is 1. The number of hydrogen-bond acceptors (Lipinski definition) is 4. The van der Waals surface area contributed by atoms with Gasteiger partial charge in [0.15, 0.2) is 17.4 Å². The zero-order valence-electron chi connectivity index (χ0n) is 9.11. The molecule has 6 nitrogen and oxygen atoms in total. The van der Waals surface area contributed by atoms with E-state index >= 15 is 0 Å². The fourth-order valence-electron chi connectivity index (χ4n) is 1.11. The van der Waals surface area contributed by atoms with E-state index in [-0.39, 0.29) is 23.7 Å². The van der Waals surface area contributed by atoms with Crippen LogP contribution in [0.4, 0.5) is 4.39 Å². The third-order valence-electron chi connectivity index (χ3n) is 1.97. The number of rotatable bonds is 4. The number of nitrogens with two attached hydrogens (primary N) is 1. The summed E-state index contributed by atoms with van der Waals surface area (Å²) in [5.41, 5.74) is 5.40. The quantitative estimate of drug-likeness (QED) is 0.306. The molecule has 1 rings (SSSR count). The highest BCUT2D eigenvalue weighted by atomic mass is 19.1. The summed E-state index contributed by atoms with van der Waals surface area (Å²) in [6.45, 7) is -0.102. The van der Waals surface area contributed by atoms with Crippen LogP contribution in [-0.2, 0) is 0 Å². The normalized spacial score (nSPS) is 11.1. The van der Waals surface area contributed by atoms with E-state index in [9.17, 15) is 9.18 Å². The molecule has 1 aromatic rings. The van der Waals surface area contributed by atoms with Crippen LogP contribution in [0.3, 0.4) is 0 Å². The van der Waals surface area contributed by atoms with Gasteiger partial charge in [-0.2, -0.15) is 0 Å². The van der Waals surface area contributed by atoms with Crippen LogP contribution in [0, 0.1) is 5.82 Å². The first-order valence-corrected chi connectivity index (χ1v) is 4.66. The lowest BCUT2D eigenvalue weighted by Gasteiger charge is -2.06. The van der Waals surface area contributed by atoms with Crippen LogP contribution in [0.2, 0.25) is 0 Å². The Balaban J connectivity index is 2.76. The largest absolute Gasteiger partial charge is 0.494 e. The number of carbonyl (C=O) groups excluding carboxylic acids is 1. The van der Waals surface area contributed by atoms with E-state index in [4.69, 9.17) is 15.7 Å². The summed E-state index contributed by atoms with van der Waals surface area (Å²) in [5.74, 6) is -1.19. The fourth-order valence-corrected chi connectivity index (χ4v) is 1.11. The van der Waals surface area contributed by atoms with Crippen molar-refractivity contribution in [3.63, 3.8) is 0 Å². The molecule has 92 valence electrons. The Hall–Kier alpha value is -2.31. The minimum Gasteiger partial charge on any atom is -0.494 e. The van der Waals surface area contributed by atoms with Gasteiger partial charge in [-0.15, -0.1) is 0 Å². The Kier molecular flexibility index (Phi) is 4.27. The van der Waals surface area contributed by atoms with Gasteiger partial charge in [0.25, 0.3) is 5.91 Å². The van der Waals surface area contributed by atoms with Gasteiger partial charge >= 0.3 is 0 Å². The van der Waals surface area contributed by atoms with E-state index in [1.165, 1.54) is 19.2 Å². The number of oxime groups is 1. The van der Waals surface area contributed by atoms with Gasteiger partial charge in [-0.25, -0.2) is 4.39 Å². The molecule has 0 saturated carbocycles. The third-order valence-corrected chi connectivity index (χ3v) is 1.97. The van der Waals surface area contributed by atoms with Gasteiger partial charge in [0.2, 0.25) is 0 Å². The molecule has 0 bridgehead atoms. The molecular formula is C10H12FN3O3. The lowest BCUT2D eigenvalue weighted by Crippen LogP contribution is -2.33. The smallest absolute Gasteiger partial charge is 0.251 e. The summed E-state index contributed by atoms with van der Waals surface area (Å²) in [5, 5.41) is 13.4. The Morgan fingerprint density at radius 1 is 1.65 bits per heavy atom. The van der Waals surface area contributed by atoms with Gasteiger partial charge < -0.3 is 21.0 Å². The summed E-state index contributed by atoms with van der Waals surface area (Å²) in [6, 6.07) is 3.69. The van der Waals surface area contributed by atoms with Crippen molar-refractivity contribution < 1.29 is 19.1 Å². The van der Waals surface area contributed by atoms with Gasteiger partial charge in [0.05, 0.1) is 13.7 Å². The molecule has 0 aliphatic rings. The number of halogens is 1. The highest BCUT2D eigenvalue weighted by molar-refractivity contribution is 5.97. The molecule has 0 fully saturated rings. The monoisotopic (exact) mass is 241 g/mol. The maximum Gasteiger partial charge on any atom is 0.251 e. The van der Waals surface area contributed by atoms with Crippen LogP contribution in [0.5, 0.6) is 5.75 Å². The maximum atomic E-state index is 13.1. The number of nitrogens with zero attached hydrogens (tertiary/aromatic N) is 1. The molecule has 0 aromatic heterocycles. The van der Waals surface area contributed by atoms with Crippen LogP contribution >= 0.6 is 0 Å². The zero-order valence-corrected chi connectivity index (χ0v) is 9.11. The molecule has 0 heterocycles. The first kappa shape index (κ1) is 12.8. The Labute approximate surface area is 96.9 Å². The van der Waals surface area contributed by atoms with Crippen molar-refractivity contribution in [2.24, 2.45) is 10.9 Å². The maximum absolute atomic E-state index is 13.1. The second-order valence-corrected chi connectivity index (χ2v) is 3.12. The molecule has 0 radical (unpaired) electrons. The summed E-state index contributed by atoms with van der Waals surface area (Å²) >= 11 is 0. The van der Waals surface area contributed by atoms with E-state index in [0.717, 1.165) is 6.07 Å². The van der Waals surface area contributed by atoms with E-state index in [1.54, 1.807) is 0 Å². The van der Waals surface area contributed by atoms with Crippen molar-refractivity contribution in [2.45, 2.75) is 0 Å². The minimum absolute atomic E-state index is 0.0264. The van der Waals surface area contributed by atoms with Crippen molar-refractivity contribution in [3.8, 4) is 5.75 Å². The van der Waals surface area contributed by atoms with Crippen molar-refractivity contribution >= 4 is 11.7 Å². The second kappa shape index (κ2) is 5.69. The summed E-state index contributed by atoms with van der Waals surface area (Å²) < 4.78 is 17.8. The zero-order chi connectivity index (χ0) is 12.8. The molecule has 0 saturated heterocycles. The third kappa shape index (κ3) is 3.33. The molecule has 4 N–H and O–H groups in total. The first-order valence-electron chi connectivity index (χ1n) is 4.66. The SMILES string of the molecule is COc1cc(C(=O)NC/C(N)=N/O)ccc1F. The molecule has 1 amide bonds. The molecule has 7 heteroatoms. The lowest BCUT2D eigenvalue weighted by molar-refractivity contribution is 0.0958. The molecule has 0 aliphatic carbocycles. The molecule has 0 atom stereocenters. The van der Waals surface area contributed by atoms with Gasteiger partial charge in [-0.05, 0) is 18.2 Å². The number of nitrogens with one attached hydrogen (secondary N) is 1. The standard InChI is InChI=1S/C10H12FN3O3/c1-17-8-4-6(2-3-7(8)11)10(15)13-5-9(12)14-16/h2-4,16H,5H2,1H3,(H2,12,14)(H,13,15). The number of hydrogen-bond donors (Lipinski definition) is 3. The second-order valence-electron chi connectivity index (χ2n) is 3.12. The van der Waals surface area contributed by atoms with Crippen molar-refractivity contribution in [2.75, 3.05) is 13.7 Å². The molecule has 1 aromatic carbocycles. The summed E-state index contributed by atoms with van der Waals surface area (Å²) in [4.78, 5) is 11.6. The predicted molar refractivity (Wildman–Crippen MR) is 58.7 cm³/mol. The molecule has 0 spiro atoms. The predicted octanol–water partition coefficient (Wildman–Crippen LogP) is 0.311. The van der Waals surface area contributed by atoms with Gasteiger partial charge in [0.1, 0.15) is 0 Å². The van der Waals surface area contributed by atoms with Crippen molar-refractivity contribution in [1.29, 1.82) is 0 Å². The average molecular weight is 241 g/mol. The van der Waals surface area contributed by atoms with Crippen molar-refractivity contribution in [3.05, 3.63) is 29.6 Å². The summed E-state index contributed by atoms with van der Waals surface area (Å²) in [7, 11) is 1.30. The lowest BCUT2D eigenvalue weighted by atomic mass is 10.2. The first-order chi connectivity index (χ1) is 8.08. The Morgan fingerprint density at radius 2 is 2.35 bits per heavy atom. The molecular weight excluding hydrogens is 229 g/mol.